The minimum atomic E-state index is -0.260. The fourth-order valence-electron chi connectivity index (χ4n) is 2.72. The molecule has 0 bridgehead atoms. The molecule has 2 rings (SSSR count). The van der Waals surface area contributed by atoms with Gasteiger partial charge < -0.3 is 5.11 Å². The number of aliphatic hydroxyl groups is 1. The number of halogens is 1. The third-order valence-electron chi connectivity index (χ3n) is 3.76. The quantitative estimate of drug-likeness (QED) is 0.853. The summed E-state index contributed by atoms with van der Waals surface area (Å²) in [4.78, 5) is 1.11. The van der Waals surface area contributed by atoms with Gasteiger partial charge in [0.2, 0.25) is 0 Å². The molecule has 90 valence electrons. The summed E-state index contributed by atoms with van der Waals surface area (Å²) >= 11 is 5.18. The van der Waals surface area contributed by atoms with Gasteiger partial charge in [-0.2, -0.15) is 0 Å². The minimum Gasteiger partial charge on any atom is -0.387 e. The van der Waals surface area contributed by atoms with Gasteiger partial charge in [0.05, 0.1) is 6.10 Å². The largest absolute Gasteiger partial charge is 0.387 e. The van der Waals surface area contributed by atoms with Gasteiger partial charge in [0.1, 0.15) is 0 Å². The van der Waals surface area contributed by atoms with E-state index in [4.69, 9.17) is 0 Å². The molecule has 3 atom stereocenters. The van der Waals surface area contributed by atoms with Crippen LogP contribution in [0, 0.1) is 11.8 Å². The SMILES string of the molecule is CCC1CCCC(C(O)c2sccc2Br)C1. The van der Waals surface area contributed by atoms with Crippen molar-refractivity contribution in [2.75, 3.05) is 0 Å². The van der Waals surface area contributed by atoms with Crippen LogP contribution in [0.4, 0.5) is 0 Å². The smallest absolute Gasteiger partial charge is 0.0921 e. The second-order valence-electron chi connectivity index (χ2n) is 4.78. The lowest BCUT2D eigenvalue weighted by Crippen LogP contribution is -2.20. The number of thiophene rings is 1. The van der Waals surface area contributed by atoms with E-state index in [1.165, 1.54) is 32.1 Å². The number of hydrogen-bond donors (Lipinski definition) is 1. The normalized spacial score (nSPS) is 27.9. The molecule has 3 unspecified atom stereocenters. The van der Waals surface area contributed by atoms with E-state index in [1.54, 1.807) is 11.3 Å². The van der Waals surface area contributed by atoms with E-state index in [0.29, 0.717) is 5.92 Å². The highest BCUT2D eigenvalue weighted by molar-refractivity contribution is 9.10. The number of hydrogen-bond acceptors (Lipinski definition) is 2. The van der Waals surface area contributed by atoms with E-state index in [2.05, 4.69) is 22.9 Å². The fourth-order valence-corrected chi connectivity index (χ4v) is 4.41. The van der Waals surface area contributed by atoms with Crippen molar-refractivity contribution in [3.63, 3.8) is 0 Å². The van der Waals surface area contributed by atoms with Crippen LogP contribution in [0.25, 0.3) is 0 Å². The second-order valence-corrected chi connectivity index (χ2v) is 6.58. The van der Waals surface area contributed by atoms with Crippen molar-refractivity contribution < 1.29 is 5.11 Å². The van der Waals surface area contributed by atoms with Crippen LogP contribution in [0.15, 0.2) is 15.9 Å². The molecule has 1 heterocycles. The van der Waals surface area contributed by atoms with Crippen LogP contribution in [0.1, 0.15) is 50.0 Å². The standard InChI is InChI=1S/C13H19BrOS/c1-2-9-4-3-5-10(8-9)12(15)13-11(14)6-7-16-13/h6-7,9-10,12,15H,2-5,8H2,1H3. The Morgan fingerprint density at radius 1 is 1.56 bits per heavy atom. The van der Waals surface area contributed by atoms with Gasteiger partial charge in [-0.15, -0.1) is 11.3 Å². The van der Waals surface area contributed by atoms with Crippen LogP contribution in [0.2, 0.25) is 0 Å². The Labute approximate surface area is 110 Å². The second kappa shape index (κ2) is 5.65. The van der Waals surface area contributed by atoms with Crippen molar-refractivity contribution in [1.82, 2.24) is 0 Å². The first-order chi connectivity index (χ1) is 7.72. The van der Waals surface area contributed by atoms with E-state index in [-0.39, 0.29) is 6.10 Å². The molecule has 3 heteroatoms. The molecule has 0 radical (unpaired) electrons. The first-order valence-electron chi connectivity index (χ1n) is 6.13. The van der Waals surface area contributed by atoms with Gasteiger partial charge in [0.25, 0.3) is 0 Å². The molecule has 0 amide bonds. The van der Waals surface area contributed by atoms with Gasteiger partial charge in [0, 0.05) is 9.35 Å². The molecular weight excluding hydrogens is 284 g/mol. The molecule has 1 saturated carbocycles. The molecule has 1 nitrogen and oxygen atoms in total. The van der Waals surface area contributed by atoms with Gasteiger partial charge in [-0.05, 0) is 52.1 Å². The van der Waals surface area contributed by atoms with E-state index in [9.17, 15) is 5.11 Å². The highest BCUT2D eigenvalue weighted by Gasteiger charge is 2.28. The summed E-state index contributed by atoms with van der Waals surface area (Å²) in [5, 5.41) is 12.5. The Morgan fingerprint density at radius 3 is 3.00 bits per heavy atom. The predicted molar refractivity (Wildman–Crippen MR) is 72.7 cm³/mol. The molecule has 1 fully saturated rings. The number of aliphatic hydroxyl groups excluding tert-OH is 1. The van der Waals surface area contributed by atoms with Crippen LogP contribution in [-0.4, -0.2) is 5.11 Å². The molecule has 0 aliphatic heterocycles. The Hall–Kier alpha value is 0.140. The maximum absolute atomic E-state index is 10.4. The van der Waals surface area contributed by atoms with Crippen molar-refractivity contribution in [2.45, 2.75) is 45.1 Å². The maximum Gasteiger partial charge on any atom is 0.0921 e. The summed E-state index contributed by atoms with van der Waals surface area (Å²) in [5.74, 6) is 1.29. The molecule has 1 aromatic heterocycles. The van der Waals surface area contributed by atoms with Crippen molar-refractivity contribution in [3.05, 3.63) is 20.8 Å². The molecule has 0 saturated heterocycles. The Balaban J connectivity index is 2.04. The molecule has 1 aliphatic carbocycles. The predicted octanol–water partition coefficient (Wildman–Crippen LogP) is 4.76. The molecular formula is C13H19BrOS. The zero-order chi connectivity index (χ0) is 11.5. The Kier molecular flexibility index (Phi) is 4.45. The van der Waals surface area contributed by atoms with Crippen LogP contribution in [-0.2, 0) is 0 Å². The summed E-state index contributed by atoms with van der Waals surface area (Å²) in [6.07, 6.45) is 6.01. The van der Waals surface area contributed by atoms with Crippen molar-refractivity contribution >= 4 is 27.3 Å². The molecule has 1 aliphatic rings. The van der Waals surface area contributed by atoms with Gasteiger partial charge in [-0.3, -0.25) is 0 Å². The molecule has 1 aromatic rings. The maximum atomic E-state index is 10.4. The van der Waals surface area contributed by atoms with E-state index in [0.717, 1.165) is 15.3 Å². The Morgan fingerprint density at radius 2 is 2.38 bits per heavy atom. The molecule has 1 N–H and O–H groups in total. The van der Waals surface area contributed by atoms with E-state index >= 15 is 0 Å². The third kappa shape index (κ3) is 2.69. The van der Waals surface area contributed by atoms with Gasteiger partial charge in [0.15, 0.2) is 0 Å². The first-order valence-corrected chi connectivity index (χ1v) is 7.80. The highest BCUT2D eigenvalue weighted by Crippen LogP contribution is 2.41. The van der Waals surface area contributed by atoms with Crippen LogP contribution in [0.5, 0.6) is 0 Å². The summed E-state index contributed by atoms with van der Waals surface area (Å²) in [7, 11) is 0. The van der Waals surface area contributed by atoms with E-state index < -0.39 is 0 Å². The van der Waals surface area contributed by atoms with Crippen molar-refractivity contribution in [3.8, 4) is 0 Å². The summed E-state index contributed by atoms with van der Waals surface area (Å²) in [6, 6.07) is 2.03. The molecule has 0 aromatic carbocycles. The lowest BCUT2D eigenvalue weighted by atomic mass is 9.77. The molecule has 16 heavy (non-hydrogen) atoms. The van der Waals surface area contributed by atoms with Gasteiger partial charge in [-0.1, -0.05) is 26.2 Å². The summed E-state index contributed by atoms with van der Waals surface area (Å²) in [5.41, 5.74) is 0. The average Bonchev–Trinajstić information content (AvgIpc) is 2.74. The van der Waals surface area contributed by atoms with E-state index in [1.807, 2.05) is 11.4 Å². The van der Waals surface area contributed by atoms with Crippen LogP contribution < -0.4 is 0 Å². The topological polar surface area (TPSA) is 20.2 Å². The van der Waals surface area contributed by atoms with Crippen molar-refractivity contribution in [2.24, 2.45) is 11.8 Å². The monoisotopic (exact) mass is 302 g/mol. The van der Waals surface area contributed by atoms with Gasteiger partial charge >= 0.3 is 0 Å². The lowest BCUT2D eigenvalue weighted by Gasteiger charge is -2.31. The van der Waals surface area contributed by atoms with Crippen LogP contribution >= 0.6 is 27.3 Å². The van der Waals surface area contributed by atoms with Gasteiger partial charge in [-0.25, -0.2) is 0 Å². The van der Waals surface area contributed by atoms with Crippen molar-refractivity contribution in [1.29, 1.82) is 0 Å². The lowest BCUT2D eigenvalue weighted by molar-refractivity contribution is 0.0700. The minimum absolute atomic E-state index is 0.260. The average molecular weight is 303 g/mol. The zero-order valence-electron chi connectivity index (χ0n) is 9.66. The van der Waals surface area contributed by atoms with Crippen LogP contribution in [0.3, 0.4) is 0 Å². The highest BCUT2D eigenvalue weighted by atomic mass is 79.9. The summed E-state index contributed by atoms with van der Waals surface area (Å²) < 4.78 is 1.07. The Bertz CT molecular complexity index is 336. The first kappa shape index (κ1) is 12.6. The fraction of sp³-hybridized carbons (Fsp3) is 0.692. The zero-order valence-corrected chi connectivity index (χ0v) is 12.1. The molecule has 0 spiro atoms. The number of rotatable bonds is 3. The summed E-state index contributed by atoms with van der Waals surface area (Å²) in [6.45, 7) is 2.26. The third-order valence-corrected chi connectivity index (χ3v) is 5.70.